The number of nitrogens with zero attached hydrogens (tertiary/aromatic N) is 6. The van der Waals surface area contributed by atoms with Crippen LogP contribution in [0.25, 0.3) is 21.5 Å². The van der Waals surface area contributed by atoms with Crippen LogP contribution >= 0.6 is 11.3 Å². The molecule has 2 aliphatic rings. The minimum Gasteiger partial charge on any atom is -0.480 e. The Balaban J connectivity index is 1.55. The lowest BCUT2D eigenvalue weighted by atomic mass is 10.0. The summed E-state index contributed by atoms with van der Waals surface area (Å²) >= 11 is 1.61. The average Bonchev–Trinajstić information content (AvgIpc) is 3.30. The van der Waals surface area contributed by atoms with Crippen LogP contribution in [0.4, 0.5) is 11.6 Å². The molecule has 2 fully saturated rings. The molecule has 0 unspecified atom stereocenters. The summed E-state index contributed by atoms with van der Waals surface area (Å²) in [4.78, 5) is 21.4. The van der Waals surface area contributed by atoms with Gasteiger partial charge in [-0.2, -0.15) is 0 Å². The largest absolute Gasteiger partial charge is 0.480 e. The van der Waals surface area contributed by atoms with Crippen molar-refractivity contribution in [3.63, 3.8) is 0 Å². The molecule has 11 nitrogen and oxygen atoms in total. The van der Waals surface area contributed by atoms with E-state index in [1.165, 1.54) is 12.7 Å². The van der Waals surface area contributed by atoms with E-state index >= 15 is 0 Å². The second-order valence-electron chi connectivity index (χ2n) is 10.0. The van der Waals surface area contributed by atoms with Crippen LogP contribution in [0, 0.1) is 0 Å². The standard InChI is InChI=1S/C25H35N7O4S2/c1-30(2)19-5-7-31(8-6-19)15-18-16-37-23-21(27-25(28-22(18)23)32-9-11-36-12-10-32)17-13-20(29-38(4,33)34)24(35-3)26-14-17/h13-14,16,19,29H,5-12,15H2,1-4H3. The summed E-state index contributed by atoms with van der Waals surface area (Å²) in [5.74, 6) is 0.848. The Morgan fingerprint density at radius 1 is 1.18 bits per heavy atom. The fourth-order valence-corrected chi connectivity index (χ4v) is 6.57. The van der Waals surface area contributed by atoms with Crippen LogP contribution in [0.1, 0.15) is 18.4 Å². The topological polar surface area (TPSA) is 113 Å². The number of sulfonamides is 1. The highest BCUT2D eigenvalue weighted by atomic mass is 32.2. The van der Waals surface area contributed by atoms with Crippen LogP contribution in [0.3, 0.4) is 0 Å². The van der Waals surface area contributed by atoms with Crippen LogP contribution in [0.5, 0.6) is 5.88 Å². The number of hydrogen-bond donors (Lipinski definition) is 1. The number of thiophene rings is 1. The third kappa shape index (κ3) is 6.01. The van der Waals surface area contributed by atoms with Crippen molar-refractivity contribution in [2.45, 2.75) is 25.4 Å². The van der Waals surface area contributed by atoms with Crippen molar-refractivity contribution in [1.29, 1.82) is 0 Å². The van der Waals surface area contributed by atoms with Gasteiger partial charge in [-0.1, -0.05) is 0 Å². The van der Waals surface area contributed by atoms with E-state index in [9.17, 15) is 8.42 Å². The number of ether oxygens (including phenoxy) is 2. The molecule has 0 bridgehead atoms. The normalized spacial score (nSPS) is 17.9. The molecule has 0 atom stereocenters. The first kappa shape index (κ1) is 27.0. The van der Waals surface area contributed by atoms with Gasteiger partial charge in [-0.3, -0.25) is 9.62 Å². The molecule has 5 heterocycles. The van der Waals surface area contributed by atoms with Crippen LogP contribution in [-0.2, 0) is 21.3 Å². The molecule has 1 N–H and O–H groups in total. The fourth-order valence-electron chi connectivity index (χ4n) is 5.02. The molecule has 206 valence electrons. The zero-order valence-corrected chi connectivity index (χ0v) is 23.9. The van der Waals surface area contributed by atoms with Crippen LogP contribution in [0.15, 0.2) is 17.6 Å². The fraction of sp³-hybridized carbons (Fsp3) is 0.560. The number of methoxy groups -OCH3 is 1. The van der Waals surface area contributed by atoms with Crippen LogP contribution < -0.4 is 14.4 Å². The molecule has 2 aliphatic heterocycles. The maximum Gasteiger partial charge on any atom is 0.238 e. The molecule has 0 spiro atoms. The van der Waals surface area contributed by atoms with Gasteiger partial charge in [-0.05, 0) is 51.5 Å². The van der Waals surface area contributed by atoms with E-state index in [0.29, 0.717) is 43.9 Å². The average molecular weight is 562 g/mol. The van der Waals surface area contributed by atoms with Gasteiger partial charge in [-0.15, -0.1) is 11.3 Å². The molecule has 3 aromatic rings. The van der Waals surface area contributed by atoms with Gasteiger partial charge in [0, 0.05) is 43.0 Å². The Labute approximate surface area is 227 Å². The molecule has 0 radical (unpaired) electrons. The van der Waals surface area contributed by atoms with Crippen molar-refractivity contribution in [2.75, 3.05) is 76.5 Å². The van der Waals surface area contributed by atoms with Crippen LogP contribution in [-0.4, -0.2) is 106 Å². The predicted octanol–water partition coefficient (Wildman–Crippen LogP) is 2.50. The maximum atomic E-state index is 12.0. The minimum absolute atomic E-state index is 0.200. The van der Waals surface area contributed by atoms with Crippen molar-refractivity contribution in [3.05, 3.63) is 23.2 Å². The number of nitrogens with one attached hydrogen (secondary N) is 1. The minimum atomic E-state index is -3.53. The number of aromatic nitrogens is 3. The number of fused-ring (bicyclic) bond motifs is 1. The van der Waals surface area contributed by atoms with E-state index in [1.54, 1.807) is 23.6 Å². The number of anilines is 2. The molecule has 0 aromatic carbocycles. The summed E-state index contributed by atoms with van der Waals surface area (Å²) in [6.45, 7) is 5.62. The van der Waals surface area contributed by atoms with E-state index in [-0.39, 0.29) is 11.6 Å². The van der Waals surface area contributed by atoms with E-state index in [1.807, 2.05) is 0 Å². The zero-order chi connectivity index (χ0) is 26.9. The van der Waals surface area contributed by atoms with Gasteiger partial charge in [-0.25, -0.2) is 23.4 Å². The molecule has 0 amide bonds. The zero-order valence-electron chi connectivity index (χ0n) is 22.3. The molecule has 0 aliphatic carbocycles. The quantitative estimate of drug-likeness (QED) is 0.440. The third-order valence-electron chi connectivity index (χ3n) is 7.07. The lowest BCUT2D eigenvalue weighted by Gasteiger charge is -2.35. The van der Waals surface area contributed by atoms with Gasteiger partial charge < -0.3 is 19.3 Å². The molecule has 13 heteroatoms. The van der Waals surface area contributed by atoms with Crippen LogP contribution in [0.2, 0.25) is 0 Å². The van der Waals surface area contributed by atoms with E-state index in [2.05, 4.69) is 43.9 Å². The summed E-state index contributed by atoms with van der Waals surface area (Å²) in [5.41, 5.74) is 3.81. The molecular weight excluding hydrogens is 526 g/mol. The van der Waals surface area contributed by atoms with E-state index in [0.717, 1.165) is 54.6 Å². The smallest absolute Gasteiger partial charge is 0.238 e. The highest BCUT2D eigenvalue weighted by molar-refractivity contribution is 7.92. The molecule has 3 aromatic heterocycles. The summed E-state index contributed by atoms with van der Waals surface area (Å²) < 4.78 is 38.3. The Hall–Kier alpha value is -2.58. The number of rotatable bonds is 8. The first-order valence-electron chi connectivity index (χ1n) is 12.7. The number of pyridine rings is 1. The first-order chi connectivity index (χ1) is 18.2. The molecule has 38 heavy (non-hydrogen) atoms. The summed E-state index contributed by atoms with van der Waals surface area (Å²) in [7, 11) is 2.24. The van der Waals surface area contributed by atoms with Gasteiger partial charge in [0.15, 0.2) is 0 Å². The number of hydrogen-bond acceptors (Lipinski definition) is 11. The van der Waals surface area contributed by atoms with E-state index < -0.39 is 10.0 Å². The summed E-state index contributed by atoms with van der Waals surface area (Å²) in [6.07, 6.45) is 5.08. The lowest BCUT2D eigenvalue weighted by molar-refractivity contribution is 0.122. The number of likely N-dealkylation sites (tertiary alicyclic amines) is 1. The Morgan fingerprint density at radius 3 is 2.58 bits per heavy atom. The van der Waals surface area contributed by atoms with Gasteiger partial charge >= 0.3 is 0 Å². The van der Waals surface area contributed by atoms with E-state index in [4.69, 9.17) is 19.4 Å². The van der Waals surface area contributed by atoms with Gasteiger partial charge in [0.05, 0.1) is 42.5 Å². The number of piperidine rings is 1. The Kier molecular flexibility index (Phi) is 8.00. The highest BCUT2D eigenvalue weighted by Crippen LogP contribution is 2.37. The van der Waals surface area contributed by atoms with Crippen molar-refractivity contribution >= 4 is 43.2 Å². The summed E-state index contributed by atoms with van der Waals surface area (Å²) in [5, 5.41) is 2.18. The van der Waals surface area contributed by atoms with Gasteiger partial charge in [0.2, 0.25) is 21.9 Å². The molecule has 0 saturated carbocycles. The van der Waals surface area contributed by atoms with Gasteiger partial charge in [0.1, 0.15) is 5.69 Å². The lowest BCUT2D eigenvalue weighted by Crippen LogP contribution is -2.41. The highest BCUT2D eigenvalue weighted by Gasteiger charge is 2.24. The second kappa shape index (κ2) is 11.3. The van der Waals surface area contributed by atoms with Gasteiger partial charge in [0.25, 0.3) is 0 Å². The Morgan fingerprint density at radius 2 is 1.92 bits per heavy atom. The van der Waals surface area contributed by atoms with Crippen molar-refractivity contribution in [2.24, 2.45) is 0 Å². The Bertz CT molecular complexity index is 1380. The molecular formula is C25H35N7O4S2. The molecule has 5 rings (SSSR count). The predicted molar refractivity (Wildman–Crippen MR) is 151 cm³/mol. The number of morpholine rings is 1. The van der Waals surface area contributed by atoms with Crippen molar-refractivity contribution in [3.8, 4) is 17.1 Å². The molecule has 2 saturated heterocycles. The maximum absolute atomic E-state index is 12.0. The van der Waals surface area contributed by atoms with Crippen molar-refractivity contribution in [1.82, 2.24) is 24.8 Å². The third-order valence-corrected chi connectivity index (χ3v) is 8.68. The SMILES string of the molecule is COc1ncc(-c2nc(N3CCOCC3)nc3c(CN4CCC(N(C)C)CC4)csc23)cc1NS(C)(=O)=O. The van der Waals surface area contributed by atoms with Crippen molar-refractivity contribution < 1.29 is 17.9 Å². The summed E-state index contributed by atoms with van der Waals surface area (Å²) in [6, 6.07) is 2.35. The first-order valence-corrected chi connectivity index (χ1v) is 15.5. The monoisotopic (exact) mass is 561 g/mol. The second-order valence-corrected chi connectivity index (χ2v) is 12.7.